The van der Waals surface area contributed by atoms with Gasteiger partial charge in [0.15, 0.2) is 0 Å². The van der Waals surface area contributed by atoms with Crippen molar-refractivity contribution in [2.75, 3.05) is 33.4 Å². The van der Waals surface area contributed by atoms with Crippen molar-refractivity contribution in [3.63, 3.8) is 0 Å². The first-order valence-electron chi connectivity index (χ1n) is 10.3. The van der Waals surface area contributed by atoms with Crippen molar-refractivity contribution in [3.8, 4) is 0 Å². The van der Waals surface area contributed by atoms with Crippen LogP contribution in [0.3, 0.4) is 0 Å². The molecule has 1 heterocycles. The lowest BCUT2D eigenvalue weighted by atomic mass is 10.2. The minimum atomic E-state index is -0.433. The largest absolute Gasteiger partial charge is 0.467 e. The molecule has 0 aliphatic heterocycles. The number of carbonyl (C=O) groups is 3. The molecule has 0 radical (unpaired) electrons. The van der Waals surface area contributed by atoms with Gasteiger partial charge in [0.2, 0.25) is 11.8 Å². The molecule has 8 nitrogen and oxygen atoms in total. The van der Waals surface area contributed by atoms with E-state index in [9.17, 15) is 14.4 Å². The highest BCUT2D eigenvalue weighted by Gasteiger charge is 2.23. The van der Waals surface area contributed by atoms with Crippen molar-refractivity contribution < 1.29 is 28.3 Å². The summed E-state index contributed by atoms with van der Waals surface area (Å²) in [6.45, 7) is 3.08. The van der Waals surface area contributed by atoms with Gasteiger partial charge in [-0.05, 0) is 24.6 Å². The molecule has 168 valence electrons. The summed E-state index contributed by atoms with van der Waals surface area (Å²) in [6.07, 6.45) is 1.52. The molecule has 0 saturated heterocycles. The Hall–Kier alpha value is -3.13. The molecule has 2 aromatic rings. The lowest BCUT2D eigenvalue weighted by Gasteiger charge is -2.27. The minimum Gasteiger partial charge on any atom is -0.467 e. The van der Waals surface area contributed by atoms with Crippen LogP contribution in [0.15, 0.2) is 53.1 Å². The number of furan rings is 1. The quantitative estimate of drug-likeness (QED) is 0.454. The van der Waals surface area contributed by atoms with Crippen LogP contribution in [0, 0.1) is 0 Å². The molecule has 0 aliphatic carbocycles. The second kappa shape index (κ2) is 13.2. The van der Waals surface area contributed by atoms with Crippen molar-refractivity contribution in [3.05, 3.63) is 60.1 Å². The highest BCUT2D eigenvalue weighted by molar-refractivity contribution is 5.86. The van der Waals surface area contributed by atoms with Gasteiger partial charge in [0.25, 0.3) is 0 Å². The van der Waals surface area contributed by atoms with Crippen LogP contribution in [0.25, 0.3) is 0 Å². The maximum atomic E-state index is 13.2. The Kier molecular flexibility index (Phi) is 10.3. The zero-order chi connectivity index (χ0) is 22.5. The normalized spacial score (nSPS) is 10.5. The average molecular weight is 431 g/mol. The second-order valence-corrected chi connectivity index (χ2v) is 6.93. The molecule has 31 heavy (non-hydrogen) atoms. The summed E-state index contributed by atoms with van der Waals surface area (Å²) in [5.74, 6) is -0.296. The third-order valence-corrected chi connectivity index (χ3v) is 4.59. The van der Waals surface area contributed by atoms with Crippen LogP contribution >= 0.6 is 0 Å². The van der Waals surface area contributed by atoms with Gasteiger partial charge in [-0.15, -0.1) is 0 Å². The lowest BCUT2D eigenvalue weighted by Crippen LogP contribution is -2.43. The lowest BCUT2D eigenvalue weighted by molar-refractivity contribution is -0.146. The molecular formula is C23H30N2O6. The highest BCUT2D eigenvalue weighted by atomic mass is 16.5. The van der Waals surface area contributed by atoms with Crippen molar-refractivity contribution in [1.29, 1.82) is 0 Å². The number of hydrogen-bond donors (Lipinski definition) is 0. The topological polar surface area (TPSA) is 89.3 Å². The van der Waals surface area contributed by atoms with Gasteiger partial charge < -0.3 is 23.7 Å². The van der Waals surface area contributed by atoms with E-state index in [4.69, 9.17) is 13.9 Å². The van der Waals surface area contributed by atoms with E-state index in [0.29, 0.717) is 12.3 Å². The number of esters is 1. The number of ether oxygens (including phenoxy) is 2. The minimum absolute atomic E-state index is 0.0211. The third-order valence-electron chi connectivity index (χ3n) is 4.59. The van der Waals surface area contributed by atoms with Crippen LogP contribution in [-0.4, -0.2) is 61.0 Å². The van der Waals surface area contributed by atoms with Crippen molar-refractivity contribution >= 4 is 17.8 Å². The van der Waals surface area contributed by atoms with E-state index in [1.807, 2.05) is 30.3 Å². The predicted molar refractivity (Wildman–Crippen MR) is 114 cm³/mol. The number of nitrogens with zero attached hydrogens (tertiary/aromatic N) is 2. The van der Waals surface area contributed by atoms with Gasteiger partial charge >= 0.3 is 5.97 Å². The monoisotopic (exact) mass is 430 g/mol. The van der Waals surface area contributed by atoms with Crippen molar-refractivity contribution in [2.45, 2.75) is 32.9 Å². The molecule has 0 saturated carbocycles. The molecule has 0 unspecified atom stereocenters. The molecule has 0 bridgehead atoms. The maximum Gasteiger partial charge on any atom is 0.306 e. The summed E-state index contributed by atoms with van der Waals surface area (Å²) < 4.78 is 15.4. The fourth-order valence-corrected chi connectivity index (χ4v) is 2.98. The van der Waals surface area contributed by atoms with E-state index in [-0.39, 0.29) is 57.5 Å². The first-order valence-corrected chi connectivity index (χ1v) is 10.3. The number of hydrogen-bond acceptors (Lipinski definition) is 6. The van der Waals surface area contributed by atoms with E-state index in [2.05, 4.69) is 0 Å². The number of rotatable bonds is 13. The van der Waals surface area contributed by atoms with E-state index >= 15 is 0 Å². The summed E-state index contributed by atoms with van der Waals surface area (Å²) >= 11 is 0. The number of benzene rings is 1. The van der Waals surface area contributed by atoms with Crippen LogP contribution < -0.4 is 0 Å². The van der Waals surface area contributed by atoms with E-state index in [0.717, 1.165) is 5.56 Å². The molecule has 0 atom stereocenters. The molecule has 8 heteroatoms. The Balaban J connectivity index is 2.07. The number of methoxy groups -OCH3 is 1. The number of carbonyl (C=O) groups excluding carboxylic acids is 3. The Morgan fingerprint density at radius 2 is 1.71 bits per heavy atom. The van der Waals surface area contributed by atoms with Gasteiger partial charge in [-0.1, -0.05) is 30.3 Å². The molecule has 0 aliphatic rings. The molecule has 0 fully saturated rings. The van der Waals surface area contributed by atoms with E-state index < -0.39 is 5.97 Å². The van der Waals surface area contributed by atoms with Gasteiger partial charge in [-0.3, -0.25) is 14.4 Å². The first-order chi connectivity index (χ1) is 15.0. The van der Waals surface area contributed by atoms with Gasteiger partial charge in [0, 0.05) is 26.6 Å². The fraction of sp³-hybridized carbons (Fsp3) is 0.435. The standard InChI is InChI=1S/C23H30N2O6/c1-3-30-23(28)12-11-21(26)24(13-15-29-2)18-22(27)25(17-20-10-7-14-31-20)16-19-8-5-4-6-9-19/h4-10,14H,3,11-13,15-18H2,1-2H3. The molecule has 1 aromatic heterocycles. The van der Waals surface area contributed by atoms with Crippen molar-refractivity contribution in [1.82, 2.24) is 9.80 Å². The maximum absolute atomic E-state index is 13.2. The highest BCUT2D eigenvalue weighted by Crippen LogP contribution is 2.12. The van der Waals surface area contributed by atoms with Crippen LogP contribution in [0.5, 0.6) is 0 Å². The average Bonchev–Trinajstić information content (AvgIpc) is 3.28. The summed E-state index contributed by atoms with van der Waals surface area (Å²) in [5, 5.41) is 0. The third kappa shape index (κ3) is 8.64. The summed E-state index contributed by atoms with van der Waals surface area (Å²) in [7, 11) is 1.53. The van der Waals surface area contributed by atoms with Crippen LogP contribution in [0.1, 0.15) is 31.1 Å². The van der Waals surface area contributed by atoms with E-state index in [1.54, 1.807) is 30.2 Å². The fourth-order valence-electron chi connectivity index (χ4n) is 2.98. The SMILES string of the molecule is CCOC(=O)CCC(=O)N(CCOC)CC(=O)N(Cc1ccccc1)Cc1ccco1. The summed E-state index contributed by atoms with van der Waals surface area (Å²) in [5.41, 5.74) is 0.972. The molecule has 0 N–H and O–H groups in total. The molecular weight excluding hydrogens is 400 g/mol. The zero-order valence-corrected chi connectivity index (χ0v) is 18.1. The Morgan fingerprint density at radius 3 is 2.35 bits per heavy atom. The van der Waals surface area contributed by atoms with Crippen LogP contribution in [0.2, 0.25) is 0 Å². The van der Waals surface area contributed by atoms with Crippen LogP contribution in [-0.2, 0) is 36.9 Å². The van der Waals surface area contributed by atoms with Gasteiger partial charge in [-0.2, -0.15) is 0 Å². The Labute approximate surface area is 182 Å². The molecule has 0 spiro atoms. The van der Waals surface area contributed by atoms with Gasteiger partial charge in [0.1, 0.15) is 5.76 Å². The second-order valence-electron chi connectivity index (χ2n) is 6.93. The molecule has 2 amide bonds. The Bertz CT molecular complexity index is 807. The predicted octanol–water partition coefficient (Wildman–Crippen LogP) is 2.63. The zero-order valence-electron chi connectivity index (χ0n) is 18.1. The van der Waals surface area contributed by atoms with Gasteiger partial charge in [0.05, 0.1) is 39.0 Å². The Morgan fingerprint density at radius 1 is 0.935 bits per heavy atom. The van der Waals surface area contributed by atoms with Crippen LogP contribution in [0.4, 0.5) is 0 Å². The number of amides is 2. The molecule has 1 aromatic carbocycles. The summed E-state index contributed by atoms with van der Waals surface area (Å²) in [6, 6.07) is 13.2. The summed E-state index contributed by atoms with van der Waals surface area (Å²) in [4.78, 5) is 40.5. The first kappa shape index (κ1) is 24.1. The van der Waals surface area contributed by atoms with E-state index in [1.165, 1.54) is 12.0 Å². The smallest absolute Gasteiger partial charge is 0.306 e. The molecule has 2 rings (SSSR count). The van der Waals surface area contributed by atoms with Crippen molar-refractivity contribution in [2.24, 2.45) is 0 Å². The van der Waals surface area contributed by atoms with Gasteiger partial charge in [-0.25, -0.2) is 0 Å².